The van der Waals surface area contributed by atoms with Crippen molar-refractivity contribution in [2.75, 3.05) is 20.3 Å². The van der Waals surface area contributed by atoms with Crippen LogP contribution in [0.2, 0.25) is 18.1 Å². The second-order valence-electron chi connectivity index (χ2n) is 10.2. The zero-order valence-corrected chi connectivity index (χ0v) is 23.2. The van der Waals surface area contributed by atoms with Crippen molar-refractivity contribution >= 4 is 40.9 Å². The number of aromatic nitrogens is 3. The van der Waals surface area contributed by atoms with Gasteiger partial charge in [0.1, 0.15) is 17.4 Å². The minimum absolute atomic E-state index is 0.0249. The van der Waals surface area contributed by atoms with Crippen molar-refractivity contribution in [2.24, 2.45) is 0 Å². The number of aryl methyl sites for hydroxylation is 1. The summed E-state index contributed by atoms with van der Waals surface area (Å²) in [7, 11) is -0.335. The van der Waals surface area contributed by atoms with E-state index in [4.69, 9.17) is 24.0 Å². The quantitative estimate of drug-likeness (QED) is 0.285. The van der Waals surface area contributed by atoms with Crippen LogP contribution < -0.4 is 9.47 Å². The van der Waals surface area contributed by atoms with E-state index in [1.54, 1.807) is 24.6 Å². The number of thiazole rings is 1. The van der Waals surface area contributed by atoms with Gasteiger partial charge >= 0.3 is 0 Å². The molecule has 0 unspecified atom stereocenters. The number of rotatable bonds is 8. The van der Waals surface area contributed by atoms with Crippen LogP contribution in [-0.4, -0.2) is 48.7 Å². The summed E-state index contributed by atoms with van der Waals surface area (Å²) >= 11 is 1.59. The summed E-state index contributed by atoms with van der Waals surface area (Å²) in [6, 6.07) is 8.07. The van der Waals surface area contributed by atoms with E-state index in [1.165, 1.54) is 0 Å². The first-order valence-electron chi connectivity index (χ1n) is 11.7. The Morgan fingerprint density at radius 2 is 1.83 bits per heavy atom. The minimum atomic E-state index is -1.93. The average molecular weight is 512 g/mol. The molecule has 0 aliphatic carbocycles. The Bertz CT molecular complexity index is 1360. The Morgan fingerprint density at radius 1 is 1.06 bits per heavy atom. The molecule has 2 aromatic heterocycles. The minimum Gasteiger partial charge on any atom is -0.491 e. The number of fused-ring (bicyclic) bond motifs is 2. The number of aliphatic hydroxyl groups is 1. The van der Waals surface area contributed by atoms with E-state index < -0.39 is 8.32 Å². The van der Waals surface area contributed by atoms with Crippen molar-refractivity contribution in [1.82, 2.24) is 15.0 Å². The monoisotopic (exact) mass is 511 g/mol. The first-order valence-corrected chi connectivity index (χ1v) is 15.4. The number of ether oxygens (including phenoxy) is 2. The van der Waals surface area contributed by atoms with Crippen LogP contribution in [-0.2, 0) is 11.0 Å². The fourth-order valence-corrected chi connectivity index (χ4v) is 5.57. The van der Waals surface area contributed by atoms with Gasteiger partial charge in [-0.15, -0.1) is 11.3 Å². The van der Waals surface area contributed by atoms with Gasteiger partial charge in [0, 0.05) is 5.56 Å². The highest BCUT2D eigenvalue weighted by Crippen LogP contribution is 2.39. The molecule has 0 radical (unpaired) electrons. The first-order chi connectivity index (χ1) is 16.5. The van der Waals surface area contributed by atoms with Crippen molar-refractivity contribution in [3.63, 3.8) is 0 Å². The number of hydrogen-bond acceptors (Lipinski definition) is 8. The molecule has 0 fully saturated rings. The highest BCUT2D eigenvalue weighted by Gasteiger charge is 2.37. The van der Waals surface area contributed by atoms with Crippen LogP contribution in [0.25, 0.3) is 31.8 Å². The Labute approximate surface area is 211 Å². The summed E-state index contributed by atoms with van der Waals surface area (Å²) in [5, 5.41) is 10.1. The molecule has 0 aliphatic rings. The van der Waals surface area contributed by atoms with E-state index >= 15 is 0 Å². The molecule has 0 amide bonds. The number of nitrogens with zero attached hydrogens (tertiary/aromatic N) is 3. The molecule has 2 heterocycles. The zero-order valence-electron chi connectivity index (χ0n) is 21.4. The summed E-state index contributed by atoms with van der Waals surface area (Å²) < 4.78 is 18.5. The molecule has 0 saturated carbocycles. The SMILES string of the molecule is COc1cnc2c(-c3nc4c(C)cc(OCCO)cc4s3)cc(CO[Si](C)(C)C(C)(C)C)cc2n1. The van der Waals surface area contributed by atoms with Crippen LogP contribution in [0.15, 0.2) is 30.5 Å². The van der Waals surface area contributed by atoms with Gasteiger partial charge in [0.15, 0.2) is 8.32 Å². The smallest absolute Gasteiger partial charge is 0.232 e. The number of aliphatic hydroxyl groups excluding tert-OH is 1. The average Bonchev–Trinajstić information content (AvgIpc) is 3.24. The van der Waals surface area contributed by atoms with Gasteiger partial charge in [0.25, 0.3) is 0 Å². The normalized spacial score (nSPS) is 12.5. The van der Waals surface area contributed by atoms with Gasteiger partial charge in [-0.3, -0.25) is 0 Å². The number of hydrogen-bond donors (Lipinski definition) is 1. The lowest BCUT2D eigenvalue weighted by Gasteiger charge is -2.36. The van der Waals surface area contributed by atoms with E-state index in [0.717, 1.165) is 48.7 Å². The van der Waals surface area contributed by atoms with Crippen molar-refractivity contribution in [3.8, 4) is 22.2 Å². The summed E-state index contributed by atoms with van der Waals surface area (Å²) in [4.78, 5) is 14.3. The third kappa shape index (κ3) is 5.33. The predicted molar refractivity (Wildman–Crippen MR) is 144 cm³/mol. The Morgan fingerprint density at radius 3 is 2.51 bits per heavy atom. The maximum absolute atomic E-state index is 9.10. The van der Waals surface area contributed by atoms with Gasteiger partial charge in [0.05, 0.1) is 47.8 Å². The predicted octanol–water partition coefficient (Wildman–Crippen LogP) is 6.12. The lowest BCUT2D eigenvalue weighted by Crippen LogP contribution is -2.40. The highest BCUT2D eigenvalue weighted by molar-refractivity contribution is 7.21. The molecule has 9 heteroatoms. The highest BCUT2D eigenvalue weighted by atomic mass is 32.1. The van der Waals surface area contributed by atoms with Gasteiger partial charge in [0.2, 0.25) is 5.88 Å². The molecule has 4 rings (SSSR count). The third-order valence-electron chi connectivity index (χ3n) is 6.55. The van der Waals surface area contributed by atoms with Gasteiger partial charge in [-0.05, 0) is 60.4 Å². The van der Waals surface area contributed by atoms with Crippen molar-refractivity contribution < 1.29 is 19.0 Å². The van der Waals surface area contributed by atoms with Gasteiger partial charge in [-0.25, -0.2) is 15.0 Å². The number of methoxy groups -OCH3 is 1. The molecular weight excluding hydrogens is 478 g/mol. The topological polar surface area (TPSA) is 86.6 Å². The van der Waals surface area contributed by atoms with E-state index in [9.17, 15) is 0 Å². The molecule has 186 valence electrons. The Hall–Kier alpha value is -2.59. The third-order valence-corrected chi connectivity index (χ3v) is 12.1. The second kappa shape index (κ2) is 9.81. The summed E-state index contributed by atoms with van der Waals surface area (Å²) in [5.41, 5.74) is 5.42. The van der Waals surface area contributed by atoms with Crippen LogP contribution in [0, 0.1) is 6.92 Å². The van der Waals surface area contributed by atoms with Crippen molar-refractivity contribution in [1.29, 1.82) is 0 Å². The van der Waals surface area contributed by atoms with Crippen LogP contribution in [0.1, 0.15) is 31.9 Å². The van der Waals surface area contributed by atoms with E-state index in [2.05, 4.69) is 49.9 Å². The maximum atomic E-state index is 9.10. The van der Waals surface area contributed by atoms with Crippen molar-refractivity contribution in [3.05, 3.63) is 41.6 Å². The van der Waals surface area contributed by atoms with Gasteiger partial charge in [-0.2, -0.15) is 0 Å². The lowest BCUT2D eigenvalue weighted by molar-refractivity contribution is 0.201. The molecule has 0 saturated heterocycles. The lowest BCUT2D eigenvalue weighted by atomic mass is 10.1. The standard InChI is InChI=1S/C26H33N3O4SSi/c1-16-10-18(32-9-8-30)13-21-23(16)29-25(34-21)19-11-17(15-33-35(6,7)26(2,3)4)12-20-24(19)27-14-22(28-20)31-5/h10-14,30H,8-9,15H2,1-7H3. The van der Waals surface area contributed by atoms with Crippen molar-refractivity contribution in [2.45, 2.75) is 52.4 Å². The maximum Gasteiger partial charge on any atom is 0.232 e. The summed E-state index contributed by atoms with van der Waals surface area (Å²) in [6.07, 6.45) is 1.64. The molecule has 2 aromatic carbocycles. The first kappa shape index (κ1) is 25.5. The van der Waals surface area contributed by atoms with E-state index in [1.807, 2.05) is 25.1 Å². The molecule has 0 atom stereocenters. The summed E-state index contributed by atoms with van der Waals surface area (Å²) in [6.45, 7) is 14.0. The molecule has 0 aliphatic heterocycles. The molecule has 7 nitrogen and oxygen atoms in total. The van der Waals surface area contributed by atoms with E-state index in [0.29, 0.717) is 12.5 Å². The van der Waals surface area contributed by atoms with Crippen LogP contribution in [0.4, 0.5) is 0 Å². The Kier molecular flexibility index (Phi) is 7.15. The molecule has 0 bridgehead atoms. The summed E-state index contributed by atoms with van der Waals surface area (Å²) in [5.74, 6) is 1.20. The molecule has 1 N–H and O–H groups in total. The van der Waals surface area contributed by atoms with Gasteiger partial charge < -0.3 is 19.0 Å². The number of benzene rings is 2. The fraction of sp³-hybridized carbons (Fsp3) is 0.423. The Balaban J connectivity index is 1.81. The van der Waals surface area contributed by atoms with Crippen LogP contribution >= 0.6 is 11.3 Å². The second-order valence-corrected chi connectivity index (χ2v) is 16.0. The largest absolute Gasteiger partial charge is 0.491 e. The molecule has 4 aromatic rings. The molecule has 0 spiro atoms. The van der Waals surface area contributed by atoms with Crippen LogP contribution in [0.5, 0.6) is 11.6 Å². The van der Waals surface area contributed by atoms with Gasteiger partial charge in [-0.1, -0.05) is 20.8 Å². The zero-order chi connectivity index (χ0) is 25.4. The molecule has 35 heavy (non-hydrogen) atoms. The molecular formula is C26H33N3O4SSi. The fourth-order valence-electron chi connectivity index (χ4n) is 3.52. The van der Waals surface area contributed by atoms with E-state index in [-0.39, 0.29) is 18.3 Å². The van der Waals surface area contributed by atoms with Crippen LogP contribution in [0.3, 0.4) is 0 Å².